The highest BCUT2D eigenvalue weighted by atomic mass is 32.1. The Bertz CT molecular complexity index is 1030. The molecule has 2 heterocycles. The molecule has 0 unspecified atom stereocenters. The van der Waals surface area contributed by atoms with Gasteiger partial charge in [-0.15, -0.1) is 11.3 Å². The number of hydrogen-bond donors (Lipinski definition) is 1. The van der Waals surface area contributed by atoms with Crippen molar-refractivity contribution in [3.8, 4) is 6.07 Å². The molecule has 0 spiro atoms. The zero-order valence-corrected chi connectivity index (χ0v) is 14.7. The van der Waals surface area contributed by atoms with Crippen LogP contribution in [0, 0.1) is 18.3 Å². The third-order valence-electron chi connectivity index (χ3n) is 3.75. The van der Waals surface area contributed by atoms with Crippen LogP contribution >= 0.6 is 11.3 Å². The smallest absolute Gasteiger partial charge is 0.416 e. The number of hydrogen-bond acceptors (Lipinski definition) is 5. The topological polar surface area (TPSA) is 78.9 Å². The molecular formula is C18H12F3N3O2S. The third-order valence-corrected chi connectivity index (χ3v) is 4.66. The van der Waals surface area contributed by atoms with Crippen molar-refractivity contribution in [1.82, 2.24) is 4.98 Å². The van der Waals surface area contributed by atoms with Gasteiger partial charge in [-0.05, 0) is 30.7 Å². The van der Waals surface area contributed by atoms with Crippen molar-refractivity contribution in [2.24, 2.45) is 0 Å². The average Bonchev–Trinajstić information content (AvgIpc) is 3.23. The van der Waals surface area contributed by atoms with E-state index in [2.05, 4.69) is 10.3 Å². The first-order chi connectivity index (χ1) is 12.8. The van der Waals surface area contributed by atoms with Crippen molar-refractivity contribution in [1.29, 1.82) is 5.26 Å². The summed E-state index contributed by atoms with van der Waals surface area (Å²) in [6, 6.07) is 6.81. The standard InChI is InChI=1S/C18H12F3N3O2S/c1-10-4-5-26-15(10)16(25)24-17-23-9-13(27-17)7-12-3-2-11(8-22)6-14(12)18(19,20)21/h2-6,9H,7H2,1H3,(H,23,24,25). The molecule has 1 N–H and O–H groups in total. The molecule has 138 valence electrons. The van der Waals surface area contributed by atoms with Crippen LogP contribution in [0.1, 0.15) is 37.7 Å². The normalized spacial score (nSPS) is 11.2. The fourth-order valence-electron chi connectivity index (χ4n) is 2.46. The lowest BCUT2D eigenvalue weighted by Gasteiger charge is -2.12. The minimum Gasteiger partial charge on any atom is -0.459 e. The van der Waals surface area contributed by atoms with E-state index in [0.717, 1.165) is 17.4 Å². The highest BCUT2D eigenvalue weighted by molar-refractivity contribution is 7.15. The van der Waals surface area contributed by atoms with E-state index in [9.17, 15) is 18.0 Å². The molecule has 0 saturated heterocycles. The van der Waals surface area contributed by atoms with Crippen LogP contribution in [0.15, 0.2) is 41.1 Å². The van der Waals surface area contributed by atoms with Gasteiger partial charge in [0.15, 0.2) is 10.9 Å². The quantitative estimate of drug-likeness (QED) is 0.694. The number of alkyl halides is 3. The summed E-state index contributed by atoms with van der Waals surface area (Å²) < 4.78 is 44.8. The van der Waals surface area contributed by atoms with Crippen molar-refractivity contribution < 1.29 is 22.4 Å². The molecule has 0 aliphatic rings. The summed E-state index contributed by atoms with van der Waals surface area (Å²) in [5.41, 5.74) is -0.217. The van der Waals surface area contributed by atoms with Crippen molar-refractivity contribution in [3.05, 3.63) is 69.6 Å². The number of nitrogens with one attached hydrogen (secondary N) is 1. The lowest BCUT2D eigenvalue weighted by Crippen LogP contribution is -2.11. The van der Waals surface area contributed by atoms with E-state index in [0.29, 0.717) is 10.4 Å². The van der Waals surface area contributed by atoms with Gasteiger partial charge in [-0.2, -0.15) is 18.4 Å². The lowest BCUT2D eigenvalue weighted by molar-refractivity contribution is -0.138. The maximum absolute atomic E-state index is 13.3. The van der Waals surface area contributed by atoms with Crippen LogP contribution in [0.4, 0.5) is 18.3 Å². The number of amides is 1. The molecule has 2 aromatic heterocycles. The Hall–Kier alpha value is -3.12. The minimum atomic E-state index is -4.57. The predicted octanol–water partition coefficient (Wildman–Crippen LogP) is 4.78. The molecule has 27 heavy (non-hydrogen) atoms. The van der Waals surface area contributed by atoms with E-state index in [4.69, 9.17) is 9.68 Å². The van der Waals surface area contributed by atoms with Crippen LogP contribution in [0.2, 0.25) is 0 Å². The monoisotopic (exact) mass is 391 g/mol. The summed E-state index contributed by atoms with van der Waals surface area (Å²) in [4.78, 5) is 16.7. The summed E-state index contributed by atoms with van der Waals surface area (Å²) in [5.74, 6) is -0.328. The molecule has 3 rings (SSSR count). The summed E-state index contributed by atoms with van der Waals surface area (Å²) in [6.07, 6.45) is -1.79. The molecule has 1 aromatic carbocycles. The lowest BCUT2D eigenvalue weighted by atomic mass is 10.0. The van der Waals surface area contributed by atoms with E-state index >= 15 is 0 Å². The van der Waals surface area contributed by atoms with E-state index < -0.39 is 17.6 Å². The zero-order chi connectivity index (χ0) is 19.6. The SMILES string of the molecule is Cc1ccoc1C(=O)Nc1ncc(Cc2ccc(C#N)cc2C(F)(F)F)s1. The molecule has 9 heteroatoms. The zero-order valence-electron chi connectivity index (χ0n) is 13.9. The number of carbonyl (C=O) groups is 1. The van der Waals surface area contributed by atoms with Crippen molar-refractivity contribution in [2.75, 3.05) is 5.32 Å². The Morgan fingerprint density at radius 1 is 1.37 bits per heavy atom. The molecule has 1 amide bonds. The maximum atomic E-state index is 13.3. The fourth-order valence-corrected chi connectivity index (χ4v) is 3.29. The van der Waals surface area contributed by atoms with Gasteiger partial charge in [0.1, 0.15) is 0 Å². The van der Waals surface area contributed by atoms with E-state index in [1.165, 1.54) is 24.6 Å². The second kappa shape index (κ2) is 7.25. The molecule has 3 aromatic rings. The van der Waals surface area contributed by atoms with Crippen LogP contribution in [0.5, 0.6) is 0 Å². The maximum Gasteiger partial charge on any atom is 0.416 e. The molecule has 0 fully saturated rings. The predicted molar refractivity (Wildman–Crippen MR) is 92.5 cm³/mol. The van der Waals surface area contributed by atoms with Crippen molar-refractivity contribution in [2.45, 2.75) is 19.5 Å². The van der Waals surface area contributed by atoms with E-state index in [-0.39, 0.29) is 28.4 Å². The van der Waals surface area contributed by atoms with Crippen LogP contribution < -0.4 is 5.32 Å². The average molecular weight is 391 g/mol. The summed E-state index contributed by atoms with van der Waals surface area (Å²) in [7, 11) is 0. The first-order valence-corrected chi connectivity index (χ1v) is 8.50. The van der Waals surface area contributed by atoms with Crippen LogP contribution in [0.3, 0.4) is 0 Å². The van der Waals surface area contributed by atoms with Gasteiger partial charge in [0.2, 0.25) is 0 Å². The number of halogens is 3. The first kappa shape index (κ1) is 18.7. The van der Waals surface area contributed by atoms with Gasteiger partial charge in [0.05, 0.1) is 23.5 Å². The Labute approximate surface area is 156 Å². The van der Waals surface area contributed by atoms with Crippen LogP contribution in [-0.2, 0) is 12.6 Å². The van der Waals surface area contributed by atoms with Gasteiger partial charge in [0, 0.05) is 23.1 Å². The Kier molecular flexibility index (Phi) is 5.01. The Morgan fingerprint density at radius 3 is 2.78 bits per heavy atom. The van der Waals surface area contributed by atoms with Gasteiger partial charge in [-0.3, -0.25) is 10.1 Å². The number of thiazole rings is 1. The van der Waals surface area contributed by atoms with Gasteiger partial charge in [-0.25, -0.2) is 4.98 Å². The summed E-state index contributed by atoms with van der Waals surface area (Å²) in [5, 5.41) is 11.6. The number of carbonyl (C=O) groups excluding carboxylic acids is 1. The van der Waals surface area contributed by atoms with Crippen LogP contribution in [-0.4, -0.2) is 10.9 Å². The fraction of sp³-hybridized carbons (Fsp3) is 0.167. The number of benzene rings is 1. The number of aromatic nitrogens is 1. The number of aryl methyl sites for hydroxylation is 1. The van der Waals surface area contributed by atoms with E-state index in [1.807, 2.05) is 0 Å². The molecule has 0 aliphatic heterocycles. The van der Waals surface area contributed by atoms with Gasteiger partial charge >= 0.3 is 6.18 Å². The number of rotatable bonds is 4. The van der Waals surface area contributed by atoms with Crippen molar-refractivity contribution >= 4 is 22.4 Å². The second-order valence-corrected chi connectivity index (χ2v) is 6.79. The molecule has 0 radical (unpaired) electrons. The summed E-state index contributed by atoms with van der Waals surface area (Å²) >= 11 is 1.07. The summed E-state index contributed by atoms with van der Waals surface area (Å²) in [6.45, 7) is 1.72. The van der Waals surface area contributed by atoms with Gasteiger partial charge in [-0.1, -0.05) is 6.07 Å². The van der Waals surface area contributed by atoms with Gasteiger partial charge in [0.25, 0.3) is 5.91 Å². The number of anilines is 1. The van der Waals surface area contributed by atoms with Crippen molar-refractivity contribution in [3.63, 3.8) is 0 Å². The van der Waals surface area contributed by atoms with Gasteiger partial charge < -0.3 is 4.42 Å². The first-order valence-electron chi connectivity index (χ1n) is 7.68. The number of furan rings is 1. The molecule has 0 atom stereocenters. The molecule has 0 bridgehead atoms. The highest BCUT2D eigenvalue weighted by Crippen LogP contribution is 2.34. The molecular weight excluding hydrogens is 379 g/mol. The largest absolute Gasteiger partial charge is 0.459 e. The molecule has 0 saturated carbocycles. The van der Waals surface area contributed by atoms with Crippen LogP contribution in [0.25, 0.3) is 0 Å². The Balaban J connectivity index is 1.79. The second-order valence-electron chi connectivity index (χ2n) is 5.68. The molecule has 0 aliphatic carbocycles. The Morgan fingerprint density at radius 2 is 2.15 bits per heavy atom. The molecule has 5 nitrogen and oxygen atoms in total. The number of nitrogens with zero attached hydrogens (tertiary/aromatic N) is 2. The highest BCUT2D eigenvalue weighted by Gasteiger charge is 2.33. The number of nitriles is 1. The third kappa shape index (κ3) is 4.17. The minimum absolute atomic E-state index is 0.0200. The van der Waals surface area contributed by atoms with E-state index in [1.54, 1.807) is 19.1 Å².